The van der Waals surface area contributed by atoms with E-state index < -0.39 is 23.3 Å². The van der Waals surface area contributed by atoms with Crippen molar-refractivity contribution in [3.63, 3.8) is 0 Å². The van der Waals surface area contributed by atoms with Gasteiger partial charge in [-0.25, -0.2) is 0 Å². The third-order valence-corrected chi connectivity index (χ3v) is 3.82. The standard InChI is InChI=1S/C18H12F3NO2/c1-22-10-14(13-4-2-3-5-15(13)22)17(24)16(23)11-6-8-12(9-7-11)18(19,20)21/h2-10H,1H3. The molecule has 0 N–H and O–H groups in total. The fraction of sp³-hybridized carbons (Fsp3) is 0.111. The number of aromatic nitrogens is 1. The van der Waals surface area contributed by atoms with E-state index in [1.54, 1.807) is 29.9 Å². The highest BCUT2D eigenvalue weighted by molar-refractivity contribution is 6.50. The smallest absolute Gasteiger partial charge is 0.350 e. The zero-order valence-electron chi connectivity index (χ0n) is 12.6. The number of carbonyl (C=O) groups excluding carboxylic acids is 2. The van der Waals surface area contributed by atoms with Gasteiger partial charge >= 0.3 is 6.18 Å². The van der Waals surface area contributed by atoms with Gasteiger partial charge in [-0.05, 0) is 18.2 Å². The molecule has 1 aromatic heterocycles. The topological polar surface area (TPSA) is 39.1 Å². The largest absolute Gasteiger partial charge is 0.416 e. The second-order valence-corrected chi connectivity index (χ2v) is 5.40. The maximum atomic E-state index is 12.6. The molecular formula is C18H12F3NO2. The van der Waals surface area contributed by atoms with E-state index in [1.807, 2.05) is 12.1 Å². The number of alkyl halides is 3. The number of rotatable bonds is 3. The van der Waals surface area contributed by atoms with Crippen LogP contribution in [0.15, 0.2) is 54.7 Å². The quantitative estimate of drug-likeness (QED) is 0.531. The minimum absolute atomic E-state index is 0.0686. The van der Waals surface area contributed by atoms with E-state index in [0.29, 0.717) is 5.39 Å². The Kier molecular flexibility index (Phi) is 3.75. The Hall–Kier alpha value is -2.89. The number of hydrogen-bond acceptors (Lipinski definition) is 2. The van der Waals surface area contributed by atoms with Crippen molar-refractivity contribution in [2.24, 2.45) is 7.05 Å². The van der Waals surface area contributed by atoms with E-state index in [9.17, 15) is 22.8 Å². The third kappa shape index (κ3) is 2.71. The number of hydrogen-bond donors (Lipinski definition) is 0. The molecule has 1 heterocycles. The van der Waals surface area contributed by atoms with Crippen molar-refractivity contribution in [3.8, 4) is 0 Å². The van der Waals surface area contributed by atoms with Crippen LogP contribution in [0.2, 0.25) is 0 Å². The number of aryl methyl sites for hydroxylation is 1. The molecule has 0 unspecified atom stereocenters. The number of halogens is 3. The van der Waals surface area contributed by atoms with Gasteiger partial charge in [-0.15, -0.1) is 0 Å². The number of carbonyl (C=O) groups is 2. The van der Waals surface area contributed by atoms with E-state index in [4.69, 9.17) is 0 Å². The molecule has 0 radical (unpaired) electrons. The van der Waals surface area contributed by atoms with Crippen LogP contribution in [0.3, 0.4) is 0 Å². The van der Waals surface area contributed by atoms with Crippen LogP contribution in [-0.4, -0.2) is 16.1 Å². The summed E-state index contributed by atoms with van der Waals surface area (Å²) in [5, 5.41) is 0.630. The highest BCUT2D eigenvalue weighted by atomic mass is 19.4. The van der Waals surface area contributed by atoms with Gasteiger partial charge in [0.25, 0.3) is 0 Å². The zero-order chi connectivity index (χ0) is 17.5. The predicted octanol–water partition coefficient (Wildman–Crippen LogP) is 4.26. The molecule has 3 nitrogen and oxygen atoms in total. The highest BCUT2D eigenvalue weighted by Gasteiger charge is 2.30. The molecule has 0 aliphatic carbocycles. The molecular weight excluding hydrogens is 319 g/mol. The molecule has 0 amide bonds. The first-order valence-corrected chi connectivity index (χ1v) is 7.09. The first kappa shape index (κ1) is 16.0. The van der Waals surface area contributed by atoms with E-state index in [0.717, 1.165) is 29.8 Å². The van der Waals surface area contributed by atoms with Crippen molar-refractivity contribution >= 4 is 22.5 Å². The zero-order valence-corrected chi connectivity index (χ0v) is 12.6. The van der Waals surface area contributed by atoms with Gasteiger partial charge < -0.3 is 4.57 Å². The Labute approximate surface area is 135 Å². The van der Waals surface area contributed by atoms with E-state index in [2.05, 4.69) is 0 Å². The van der Waals surface area contributed by atoms with Gasteiger partial charge in [-0.2, -0.15) is 13.2 Å². The molecule has 24 heavy (non-hydrogen) atoms. The summed E-state index contributed by atoms with van der Waals surface area (Å²) in [7, 11) is 1.75. The second-order valence-electron chi connectivity index (χ2n) is 5.40. The van der Waals surface area contributed by atoms with Gasteiger partial charge in [-0.3, -0.25) is 9.59 Å². The van der Waals surface area contributed by atoms with Crippen LogP contribution in [0.4, 0.5) is 13.2 Å². The molecule has 0 fully saturated rings. The van der Waals surface area contributed by atoms with Gasteiger partial charge in [0.1, 0.15) is 0 Å². The molecule has 0 bridgehead atoms. The molecule has 0 aliphatic heterocycles. The Bertz CT molecular complexity index is 937. The Morgan fingerprint density at radius 3 is 2.17 bits per heavy atom. The monoisotopic (exact) mass is 331 g/mol. The highest BCUT2D eigenvalue weighted by Crippen LogP contribution is 2.29. The molecule has 2 aromatic carbocycles. The number of Topliss-reactive ketones (excluding diaryl/α,β-unsaturated/α-hetero) is 2. The summed E-state index contributed by atoms with van der Waals surface area (Å²) < 4.78 is 39.4. The summed E-state index contributed by atoms with van der Waals surface area (Å²) in [5.74, 6) is -1.58. The van der Waals surface area contributed by atoms with E-state index >= 15 is 0 Å². The number of nitrogens with zero attached hydrogens (tertiary/aromatic N) is 1. The first-order chi connectivity index (χ1) is 11.3. The Morgan fingerprint density at radius 1 is 0.917 bits per heavy atom. The number of para-hydroxylation sites is 1. The lowest BCUT2D eigenvalue weighted by atomic mass is 10.00. The number of ketones is 2. The molecule has 6 heteroatoms. The van der Waals surface area contributed by atoms with Gasteiger partial charge in [0, 0.05) is 29.7 Å². The van der Waals surface area contributed by atoms with Gasteiger partial charge in [-0.1, -0.05) is 30.3 Å². The fourth-order valence-corrected chi connectivity index (χ4v) is 2.59. The van der Waals surface area contributed by atoms with E-state index in [-0.39, 0.29) is 11.1 Å². The van der Waals surface area contributed by atoms with Gasteiger partial charge in [0.2, 0.25) is 11.6 Å². The van der Waals surface area contributed by atoms with Crippen molar-refractivity contribution in [1.29, 1.82) is 0 Å². The lowest BCUT2D eigenvalue weighted by Gasteiger charge is -2.06. The average molecular weight is 331 g/mol. The molecule has 3 aromatic rings. The minimum atomic E-state index is -4.48. The predicted molar refractivity (Wildman–Crippen MR) is 83.0 cm³/mol. The second kappa shape index (κ2) is 5.63. The van der Waals surface area contributed by atoms with Crippen LogP contribution < -0.4 is 0 Å². The number of benzene rings is 2. The molecule has 0 atom stereocenters. The summed E-state index contributed by atoms with van der Waals surface area (Å²) in [5.41, 5.74) is 0.0941. The van der Waals surface area contributed by atoms with Crippen LogP contribution in [-0.2, 0) is 13.2 Å². The molecule has 3 rings (SSSR count). The lowest BCUT2D eigenvalue weighted by molar-refractivity contribution is -0.137. The summed E-state index contributed by atoms with van der Waals surface area (Å²) in [6.45, 7) is 0. The Balaban J connectivity index is 1.96. The van der Waals surface area contributed by atoms with Crippen molar-refractivity contribution in [3.05, 3.63) is 71.4 Å². The first-order valence-electron chi connectivity index (χ1n) is 7.09. The molecule has 0 spiro atoms. The summed E-state index contributed by atoms with van der Waals surface area (Å²) in [6, 6.07) is 10.7. The normalized spacial score (nSPS) is 11.7. The number of fused-ring (bicyclic) bond motifs is 1. The average Bonchev–Trinajstić information content (AvgIpc) is 2.90. The van der Waals surface area contributed by atoms with Crippen molar-refractivity contribution in [1.82, 2.24) is 4.57 Å². The molecule has 0 saturated carbocycles. The van der Waals surface area contributed by atoms with Crippen LogP contribution in [0, 0.1) is 0 Å². The van der Waals surface area contributed by atoms with Crippen LogP contribution in [0.5, 0.6) is 0 Å². The van der Waals surface area contributed by atoms with Gasteiger partial charge in [0.15, 0.2) is 0 Å². The van der Waals surface area contributed by atoms with E-state index in [1.165, 1.54) is 0 Å². The van der Waals surface area contributed by atoms with Crippen LogP contribution in [0.25, 0.3) is 10.9 Å². The molecule has 122 valence electrons. The van der Waals surface area contributed by atoms with Crippen molar-refractivity contribution in [2.75, 3.05) is 0 Å². The summed E-state index contributed by atoms with van der Waals surface area (Å²) in [6.07, 6.45) is -2.93. The minimum Gasteiger partial charge on any atom is -0.350 e. The lowest BCUT2D eigenvalue weighted by Crippen LogP contribution is -2.15. The molecule has 0 aliphatic rings. The van der Waals surface area contributed by atoms with Crippen LogP contribution in [0.1, 0.15) is 26.3 Å². The maximum Gasteiger partial charge on any atom is 0.416 e. The van der Waals surface area contributed by atoms with Crippen molar-refractivity contribution in [2.45, 2.75) is 6.18 Å². The fourth-order valence-electron chi connectivity index (χ4n) is 2.59. The summed E-state index contributed by atoms with van der Waals surface area (Å²) in [4.78, 5) is 24.8. The molecule has 0 saturated heterocycles. The van der Waals surface area contributed by atoms with Crippen molar-refractivity contribution < 1.29 is 22.8 Å². The summed E-state index contributed by atoms with van der Waals surface area (Å²) >= 11 is 0. The Morgan fingerprint density at radius 2 is 1.54 bits per heavy atom. The maximum absolute atomic E-state index is 12.6. The van der Waals surface area contributed by atoms with Gasteiger partial charge in [0.05, 0.1) is 11.1 Å². The van der Waals surface area contributed by atoms with Crippen LogP contribution >= 0.6 is 0 Å². The third-order valence-electron chi connectivity index (χ3n) is 3.82. The SMILES string of the molecule is Cn1cc(C(=O)C(=O)c2ccc(C(F)(F)F)cc2)c2ccccc21.